The minimum Gasteiger partial charge on any atom is -0.359 e. The summed E-state index contributed by atoms with van der Waals surface area (Å²) < 4.78 is 0. The van der Waals surface area contributed by atoms with Crippen LogP contribution in [0.25, 0.3) is 10.9 Å². The number of thiocarbonyl (C=S) groups is 1. The van der Waals surface area contributed by atoms with Crippen LogP contribution in [0.5, 0.6) is 0 Å². The average molecular weight is 335 g/mol. The number of nitrogens with one attached hydrogen (secondary N) is 3. The highest BCUT2D eigenvalue weighted by molar-refractivity contribution is 7.80. The lowest BCUT2D eigenvalue weighted by Gasteiger charge is -2.23. The van der Waals surface area contributed by atoms with E-state index in [-0.39, 0.29) is 0 Å². The predicted octanol–water partition coefficient (Wildman–Crippen LogP) is 3.95. The minimum atomic E-state index is 0.473. The Balaban J connectivity index is 1.58. The lowest BCUT2D eigenvalue weighted by Crippen LogP contribution is -2.40. The second-order valence-electron chi connectivity index (χ2n) is 5.58. The molecule has 0 amide bonds. The molecule has 4 nitrogen and oxygen atoms in total. The fourth-order valence-electron chi connectivity index (χ4n) is 2.84. The number of hydrogen-bond donors (Lipinski definition) is 3. The van der Waals surface area contributed by atoms with Crippen LogP contribution in [0.3, 0.4) is 0 Å². The van der Waals surface area contributed by atoms with Crippen molar-refractivity contribution in [1.82, 2.24) is 15.7 Å². The maximum absolute atomic E-state index is 6.33. The predicted molar refractivity (Wildman–Crippen MR) is 96.6 cm³/mol. The Bertz CT molecular complexity index is 689. The number of H-pyrrole nitrogens is 1. The van der Waals surface area contributed by atoms with Crippen LogP contribution < -0.4 is 10.7 Å². The Hall–Kier alpha value is -1.59. The Morgan fingerprint density at radius 1 is 1.27 bits per heavy atom. The third-order valence-electron chi connectivity index (χ3n) is 3.97. The first-order valence-corrected chi connectivity index (χ1v) is 8.38. The number of hydrogen-bond acceptors (Lipinski definition) is 2. The van der Waals surface area contributed by atoms with Crippen LogP contribution in [0.1, 0.15) is 37.8 Å². The maximum atomic E-state index is 6.33. The van der Waals surface area contributed by atoms with Crippen molar-refractivity contribution in [3.8, 4) is 0 Å². The van der Waals surface area contributed by atoms with Gasteiger partial charge in [-0.3, -0.25) is 5.43 Å². The molecule has 1 aromatic carbocycles. The van der Waals surface area contributed by atoms with Crippen molar-refractivity contribution in [2.45, 2.75) is 38.1 Å². The Labute approximate surface area is 140 Å². The molecule has 0 radical (unpaired) electrons. The van der Waals surface area contributed by atoms with Gasteiger partial charge in [0, 0.05) is 16.9 Å². The molecule has 0 saturated heterocycles. The third kappa shape index (κ3) is 3.59. The third-order valence-corrected chi connectivity index (χ3v) is 4.59. The van der Waals surface area contributed by atoms with Gasteiger partial charge in [-0.15, -0.1) is 0 Å². The van der Waals surface area contributed by atoms with E-state index in [1.807, 2.05) is 24.3 Å². The summed E-state index contributed by atoms with van der Waals surface area (Å²) in [6.45, 7) is 0. The highest BCUT2D eigenvalue weighted by Crippen LogP contribution is 2.25. The second kappa shape index (κ2) is 7.11. The van der Waals surface area contributed by atoms with E-state index in [0.717, 1.165) is 16.6 Å². The Morgan fingerprint density at radius 2 is 2.05 bits per heavy atom. The lowest BCUT2D eigenvalue weighted by atomic mass is 9.96. The van der Waals surface area contributed by atoms with Gasteiger partial charge in [0.25, 0.3) is 0 Å². The molecule has 2 aromatic rings. The number of aromatic nitrogens is 1. The molecule has 116 valence electrons. The summed E-state index contributed by atoms with van der Waals surface area (Å²) in [5.41, 5.74) is 4.63. The van der Waals surface area contributed by atoms with Crippen molar-refractivity contribution >= 4 is 46.0 Å². The smallest absolute Gasteiger partial charge is 0.187 e. The molecular weight excluding hydrogens is 316 g/mol. The molecule has 0 atom stereocenters. The van der Waals surface area contributed by atoms with Gasteiger partial charge in [-0.05, 0) is 31.1 Å². The molecule has 1 saturated carbocycles. The molecule has 3 N–H and O–H groups in total. The average Bonchev–Trinajstić information content (AvgIpc) is 2.85. The molecular formula is C16H19ClN4S. The highest BCUT2D eigenvalue weighted by atomic mass is 35.5. The van der Waals surface area contributed by atoms with Gasteiger partial charge in [-0.25, -0.2) is 0 Å². The number of nitrogens with zero attached hydrogens (tertiary/aromatic N) is 1. The molecule has 22 heavy (non-hydrogen) atoms. The van der Waals surface area contributed by atoms with Crippen molar-refractivity contribution in [3.05, 3.63) is 35.0 Å². The van der Waals surface area contributed by atoms with Crippen LogP contribution in [-0.2, 0) is 0 Å². The number of hydrazone groups is 1. The van der Waals surface area contributed by atoms with E-state index < -0.39 is 0 Å². The Morgan fingerprint density at radius 3 is 2.82 bits per heavy atom. The van der Waals surface area contributed by atoms with Gasteiger partial charge in [0.15, 0.2) is 5.11 Å². The summed E-state index contributed by atoms with van der Waals surface area (Å²) in [6.07, 6.45) is 7.90. The molecule has 1 aliphatic carbocycles. The summed E-state index contributed by atoms with van der Waals surface area (Å²) in [4.78, 5) is 3.23. The lowest BCUT2D eigenvalue weighted by molar-refractivity contribution is 0.412. The van der Waals surface area contributed by atoms with E-state index in [2.05, 4.69) is 20.8 Å². The van der Waals surface area contributed by atoms with Gasteiger partial charge in [-0.1, -0.05) is 49.1 Å². The van der Waals surface area contributed by atoms with E-state index in [1.54, 1.807) is 6.21 Å². The standard InChI is InChI=1S/C16H19ClN4S/c17-15-12-8-4-5-9-13(12)20-14(15)10-18-21-16(22)19-11-6-2-1-3-7-11/h4-5,8-11,20H,1-3,6-7H2,(H2,19,21,22)/b18-10+. The van der Waals surface area contributed by atoms with Crippen molar-refractivity contribution < 1.29 is 0 Å². The molecule has 1 fully saturated rings. The van der Waals surface area contributed by atoms with Gasteiger partial charge in [0.1, 0.15) is 0 Å². The van der Waals surface area contributed by atoms with Crippen molar-refractivity contribution in [2.24, 2.45) is 5.10 Å². The van der Waals surface area contributed by atoms with Crippen LogP contribution in [0.4, 0.5) is 0 Å². The van der Waals surface area contributed by atoms with Crippen LogP contribution in [0.2, 0.25) is 5.02 Å². The van der Waals surface area contributed by atoms with Crippen molar-refractivity contribution in [3.63, 3.8) is 0 Å². The SMILES string of the molecule is S=C(N/N=C/c1[nH]c2ccccc2c1Cl)NC1CCCCC1. The topological polar surface area (TPSA) is 52.2 Å². The monoisotopic (exact) mass is 334 g/mol. The molecule has 0 unspecified atom stereocenters. The maximum Gasteiger partial charge on any atom is 0.187 e. The zero-order valence-corrected chi connectivity index (χ0v) is 13.8. The van der Waals surface area contributed by atoms with E-state index in [0.29, 0.717) is 16.2 Å². The van der Waals surface area contributed by atoms with Gasteiger partial charge in [0.05, 0.1) is 16.9 Å². The van der Waals surface area contributed by atoms with E-state index >= 15 is 0 Å². The van der Waals surface area contributed by atoms with Crippen molar-refractivity contribution in [1.29, 1.82) is 0 Å². The fraction of sp³-hybridized carbons (Fsp3) is 0.375. The number of halogens is 1. The molecule has 0 aliphatic heterocycles. The number of aromatic amines is 1. The quantitative estimate of drug-likeness (QED) is 0.452. The van der Waals surface area contributed by atoms with Gasteiger partial charge >= 0.3 is 0 Å². The minimum absolute atomic E-state index is 0.473. The zero-order chi connectivity index (χ0) is 15.4. The number of para-hydroxylation sites is 1. The summed E-state index contributed by atoms with van der Waals surface area (Å²) in [5, 5.41) is 9.71. The first-order valence-electron chi connectivity index (χ1n) is 7.60. The van der Waals surface area contributed by atoms with E-state index in [4.69, 9.17) is 23.8 Å². The number of fused-ring (bicyclic) bond motifs is 1. The van der Waals surface area contributed by atoms with Gasteiger partial charge in [0.2, 0.25) is 0 Å². The van der Waals surface area contributed by atoms with E-state index in [9.17, 15) is 0 Å². The summed E-state index contributed by atoms with van der Waals surface area (Å²) >= 11 is 11.6. The molecule has 1 aromatic heterocycles. The molecule has 6 heteroatoms. The van der Waals surface area contributed by atoms with Crippen LogP contribution in [0, 0.1) is 0 Å². The second-order valence-corrected chi connectivity index (χ2v) is 6.36. The van der Waals surface area contributed by atoms with Crippen LogP contribution >= 0.6 is 23.8 Å². The van der Waals surface area contributed by atoms with Crippen LogP contribution in [0.15, 0.2) is 29.4 Å². The Kier molecular flexibility index (Phi) is 4.95. The van der Waals surface area contributed by atoms with Crippen LogP contribution in [-0.4, -0.2) is 22.4 Å². The molecule has 3 rings (SSSR count). The van der Waals surface area contributed by atoms with E-state index in [1.165, 1.54) is 32.1 Å². The number of benzene rings is 1. The normalized spacial score (nSPS) is 16.2. The molecule has 0 spiro atoms. The summed E-state index contributed by atoms with van der Waals surface area (Å²) in [6, 6.07) is 8.37. The highest BCUT2D eigenvalue weighted by Gasteiger charge is 2.13. The first-order chi connectivity index (χ1) is 10.7. The molecule has 1 heterocycles. The van der Waals surface area contributed by atoms with Crippen molar-refractivity contribution in [2.75, 3.05) is 0 Å². The molecule has 1 aliphatic rings. The van der Waals surface area contributed by atoms with Gasteiger partial charge < -0.3 is 10.3 Å². The fourth-order valence-corrected chi connectivity index (χ4v) is 3.32. The molecule has 0 bridgehead atoms. The number of rotatable bonds is 3. The summed E-state index contributed by atoms with van der Waals surface area (Å²) in [7, 11) is 0. The zero-order valence-electron chi connectivity index (χ0n) is 12.2. The summed E-state index contributed by atoms with van der Waals surface area (Å²) in [5.74, 6) is 0. The van der Waals surface area contributed by atoms with Gasteiger partial charge in [-0.2, -0.15) is 5.10 Å². The first kappa shape index (κ1) is 15.3. The largest absolute Gasteiger partial charge is 0.359 e.